The van der Waals surface area contributed by atoms with Crippen LogP contribution in [-0.2, 0) is 4.74 Å². The van der Waals surface area contributed by atoms with Crippen LogP contribution in [-0.4, -0.2) is 19.2 Å². The largest absolute Gasteiger partial charge is 0.370 e. The summed E-state index contributed by atoms with van der Waals surface area (Å²) in [6.07, 6.45) is 1.38. The van der Waals surface area contributed by atoms with Gasteiger partial charge in [-0.3, -0.25) is 0 Å². The SMILES string of the molecule is CCC1COC(c2ccc(Br)s2)CN1. The Bertz CT molecular complexity index is 294. The van der Waals surface area contributed by atoms with Gasteiger partial charge in [0.15, 0.2) is 0 Å². The lowest BCUT2D eigenvalue weighted by Gasteiger charge is -2.29. The molecule has 2 heterocycles. The second-order valence-electron chi connectivity index (χ2n) is 3.48. The van der Waals surface area contributed by atoms with Gasteiger partial charge in [-0.1, -0.05) is 6.92 Å². The molecule has 2 rings (SSSR count). The first-order chi connectivity index (χ1) is 6.79. The van der Waals surface area contributed by atoms with Crippen LogP contribution in [0.15, 0.2) is 15.9 Å². The summed E-state index contributed by atoms with van der Waals surface area (Å²) in [6.45, 7) is 3.95. The molecule has 0 amide bonds. The molecule has 4 heteroatoms. The van der Waals surface area contributed by atoms with Crippen LogP contribution in [0.2, 0.25) is 0 Å². The summed E-state index contributed by atoms with van der Waals surface area (Å²) < 4.78 is 6.98. The van der Waals surface area contributed by atoms with Crippen molar-refractivity contribution in [1.29, 1.82) is 0 Å². The highest BCUT2D eigenvalue weighted by atomic mass is 79.9. The van der Waals surface area contributed by atoms with Gasteiger partial charge in [0.25, 0.3) is 0 Å². The molecule has 1 aromatic rings. The maximum absolute atomic E-state index is 5.81. The van der Waals surface area contributed by atoms with Gasteiger partial charge in [-0.2, -0.15) is 0 Å². The van der Waals surface area contributed by atoms with E-state index in [1.54, 1.807) is 11.3 Å². The zero-order chi connectivity index (χ0) is 9.97. The summed E-state index contributed by atoms with van der Waals surface area (Å²) in [7, 11) is 0. The van der Waals surface area contributed by atoms with Crippen molar-refractivity contribution in [2.45, 2.75) is 25.5 Å². The Morgan fingerprint density at radius 1 is 1.64 bits per heavy atom. The topological polar surface area (TPSA) is 21.3 Å². The summed E-state index contributed by atoms with van der Waals surface area (Å²) in [4.78, 5) is 1.30. The van der Waals surface area contributed by atoms with Crippen molar-refractivity contribution >= 4 is 27.3 Å². The minimum Gasteiger partial charge on any atom is -0.370 e. The summed E-state index contributed by atoms with van der Waals surface area (Å²) in [5.41, 5.74) is 0. The molecule has 2 atom stereocenters. The van der Waals surface area contributed by atoms with E-state index in [2.05, 4.69) is 40.3 Å². The predicted molar refractivity (Wildman–Crippen MR) is 62.8 cm³/mol. The number of hydrogen-bond donors (Lipinski definition) is 1. The predicted octanol–water partition coefficient (Wildman–Crippen LogP) is 2.95. The normalized spacial score (nSPS) is 27.9. The molecule has 0 spiro atoms. The molecule has 2 unspecified atom stereocenters. The molecule has 1 aliphatic heterocycles. The third-order valence-corrected chi connectivity index (χ3v) is 4.21. The van der Waals surface area contributed by atoms with E-state index < -0.39 is 0 Å². The summed E-state index contributed by atoms with van der Waals surface area (Å²) in [5, 5.41) is 3.49. The summed E-state index contributed by atoms with van der Waals surface area (Å²) in [5.74, 6) is 0. The minimum absolute atomic E-state index is 0.245. The molecule has 78 valence electrons. The van der Waals surface area contributed by atoms with Gasteiger partial charge in [0.2, 0.25) is 0 Å². The van der Waals surface area contributed by atoms with E-state index in [1.807, 2.05) is 0 Å². The van der Waals surface area contributed by atoms with Crippen LogP contribution < -0.4 is 5.32 Å². The average molecular weight is 276 g/mol. The van der Waals surface area contributed by atoms with Crippen LogP contribution in [0.5, 0.6) is 0 Å². The highest BCUT2D eigenvalue weighted by molar-refractivity contribution is 9.11. The maximum atomic E-state index is 5.81. The number of hydrogen-bond acceptors (Lipinski definition) is 3. The van der Waals surface area contributed by atoms with Gasteiger partial charge in [-0.15, -0.1) is 11.3 Å². The molecule has 1 N–H and O–H groups in total. The molecule has 14 heavy (non-hydrogen) atoms. The van der Waals surface area contributed by atoms with Crippen LogP contribution in [0.1, 0.15) is 24.3 Å². The number of morpholine rings is 1. The van der Waals surface area contributed by atoms with E-state index in [1.165, 1.54) is 8.66 Å². The van der Waals surface area contributed by atoms with Crippen LogP contribution in [0.3, 0.4) is 0 Å². The zero-order valence-corrected chi connectivity index (χ0v) is 10.5. The van der Waals surface area contributed by atoms with Gasteiger partial charge >= 0.3 is 0 Å². The lowest BCUT2D eigenvalue weighted by Crippen LogP contribution is -2.42. The van der Waals surface area contributed by atoms with E-state index in [0.717, 1.165) is 19.6 Å². The quantitative estimate of drug-likeness (QED) is 0.896. The fourth-order valence-electron chi connectivity index (χ4n) is 1.57. The maximum Gasteiger partial charge on any atom is 0.104 e. The van der Waals surface area contributed by atoms with E-state index >= 15 is 0 Å². The molecule has 0 aliphatic carbocycles. The Kier molecular flexibility index (Phi) is 3.60. The molecular weight excluding hydrogens is 262 g/mol. The van der Waals surface area contributed by atoms with Crippen LogP contribution in [0, 0.1) is 0 Å². The van der Waals surface area contributed by atoms with E-state index in [4.69, 9.17) is 4.74 Å². The third kappa shape index (κ3) is 2.37. The number of nitrogens with one attached hydrogen (secondary N) is 1. The molecule has 1 fully saturated rings. The van der Waals surface area contributed by atoms with Gasteiger partial charge in [0, 0.05) is 17.5 Å². The van der Waals surface area contributed by atoms with Crippen molar-refractivity contribution in [3.05, 3.63) is 20.8 Å². The van der Waals surface area contributed by atoms with Gasteiger partial charge in [-0.25, -0.2) is 0 Å². The van der Waals surface area contributed by atoms with Crippen molar-refractivity contribution in [2.24, 2.45) is 0 Å². The highest BCUT2D eigenvalue weighted by Gasteiger charge is 2.21. The van der Waals surface area contributed by atoms with Gasteiger partial charge in [0.1, 0.15) is 6.10 Å². The fraction of sp³-hybridized carbons (Fsp3) is 0.600. The van der Waals surface area contributed by atoms with Gasteiger partial charge < -0.3 is 10.1 Å². The molecule has 0 bridgehead atoms. The first kappa shape index (κ1) is 10.6. The van der Waals surface area contributed by atoms with Gasteiger partial charge in [0.05, 0.1) is 10.4 Å². The minimum atomic E-state index is 0.245. The molecule has 1 aromatic heterocycles. The van der Waals surface area contributed by atoms with Crippen molar-refractivity contribution in [3.8, 4) is 0 Å². The van der Waals surface area contributed by atoms with Crippen LogP contribution in [0.4, 0.5) is 0 Å². The Morgan fingerprint density at radius 3 is 3.00 bits per heavy atom. The number of halogens is 1. The third-order valence-electron chi connectivity index (χ3n) is 2.49. The Morgan fingerprint density at radius 2 is 2.50 bits per heavy atom. The van der Waals surface area contributed by atoms with E-state index in [0.29, 0.717) is 6.04 Å². The number of rotatable bonds is 2. The van der Waals surface area contributed by atoms with E-state index in [-0.39, 0.29) is 6.10 Å². The molecular formula is C10H14BrNOS. The standard InChI is InChI=1S/C10H14BrNOS/c1-2-7-6-13-8(5-12-7)9-3-4-10(11)14-9/h3-4,7-8,12H,2,5-6H2,1H3. The molecule has 0 radical (unpaired) electrons. The molecule has 2 nitrogen and oxygen atoms in total. The van der Waals surface area contributed by atoms with Crippen molar-refractivity contribution < 1.29 is 4.74 Å². The first-order valence-electron chi connectivity index (χ1n) is 4.90. The smallest absolute Gasteiger partial charge is 0.104 e. The van der Waals surface area contributed by atoms with Crippen LogP contribution in [0.25, 0.3) is 0 Å². The zero-order valence-electron chi connectivity index (χ0n) is 8.13. The summed E-state index contributed by atoms with van der Waals surface area (Å²) in [6, 6.07) is 4.75. The van der Waals surface area contributed by atoms with Crippen LogP contribution >= 0.6 is 27.3 Å². The summed E-state index contributed by atoms with van der Waals surface area (Å²) >= 11 is 5.22. The van der Waals surface area contributed by atoms with Crippen molar-refractivity contribution in [1.82, 2.24) is 5.32 Å². The van der Waals surface area contributed by atoms with Crippen molar-refractivity contribution in [3.63, 3.8) is 0 Å². The monoisotopic (exact) mass is 275 g/mol. The first-order valence-corrected chi connectivity index (χ1v) is 6.50. The Balaban J connectivity index is 1.95. The Labute approximate surface area is 96.8 Å². The number of ether oxygens (including phenoxy) is 1. The molecule has 1 aliphatic rings. The lowest BCUT2D eigenvalue weighted by molar-refractivity contribution is 0.00424. The average Bonchev–Trinajstić information content (AvgIpc) is 2.65. The molecule has 0 aromatic carbocycles. The molecule has 0 saturated carbocycles. The Hall–Kier alpha value is 0.1000. The second-order valence-corrected chi connectivity index (χ2v) is 5.97. The van der Waals surface area contributed by atoms with Gasteiger partial charge in [-0.05, 0) is 34.5 Å². The fourth-order valence-corrected chi connectivity index (χ4v) is 3.04. The lowest BCUT2D eigenvalue weighted by atomic mass is 10.1. The number of thiophene rings is 1. The highest BCUT2D eigenvalue weighted by Crippen LogP contribution is 2.30. The molecule has 1 saturated heterocycles. The second kappa shape index (κ2) is 4.75. The van der Waals surface area contributed by atoms with Crippen molar-refractivity contribution in [2.75, 3.05) is 13.2 Å². The van der Waals surface area contributed by atoms with E-state index in [9.17, 15) is 0 Å².